The quantitative estimate of drug-likeness (QED) is 0.665. The molecular weight excluding hydrogens is 326 g/mol. The molecule has 0 saturated carbocycles. The fourth-order valence-corrected chi connectivity index (χ4v) is 2.50. The Bertz CT molecular complexity index is 564. The maximum absolute atomic E-state index is 4.45. The van der Waals surface area contributed by atoms with Gasteiger partial charge in [-0.05, 0) is 47.1 Å². The number of aromatic nitrogens is 4. The largest absolute Gasteiger partial charge is 0.354 e. The summed E-state index contributed by atoms with van der Waals surface area (Å²) in [5, 5.41) is 4.65. The Labute approximate surface area is 124 Å². The van der Waals surface area contributed by atoms with Crippen LogP contribution in [-0.2, 0) is 0 Å². The van der Waals surface area contributed by atoms with Gasteiger partial charge in [-0.1, -0.05) is 6.92 Å². The van der Waals surface area contributed by atoms with E-state index >= 15 is 0 Å². The normalized spacial score (nSPS) is 10.5. The van der Waals surface area contributed by atoms with Crippen molar-refractivity contribution in [2.45, 2.75) is 30.5 Å². The molecule has 1 N–H and O–H groups in total. The maximum Gasteiger partial charge on any atom is 0.223 e. The number of nitrogens with zero attached hydrogens (tertiary/aromatic N) is 4. The Hall–Kier alpha value is -1.21. The van der Waals surface area contributed by atoms with Crippen LogP contribution in [0.1, 0.15) is 19.0 Å². The van der Waals surface area contributed by atoms with Gasteiger partial charge in [-0.15, -0.1) is 0 Å². The Morgan fingerprint density at radius 3 is 2.89 bits per heavy atom. The third-order valence-corrected chi connectivity index (χ3v) is 3.93. The van der Waals surface area contributed by atoms with Crippen LogP contribution >= 0.6 is 27.7 Å². The predicted molar refractivity (Wildman–Crippen MR) is 79.4 cm³/mol. The second-order valence-corrected chi connectivity index (χ2v) is 5.67. The molecule has 0 radical (unpaired) electrons. The topological polar surface area (TPSA) is 63.6 Å². The summed E-state index contributed by atoms with van der Waals surface area (Å²) in [5.41, 5.74) is 0.937. The molecule has 0 spiro atoms. The summed E-state index contributed by atoms with van der Waals surface area (Å²) in [6.45, 7) is 4.89. The molecule has 100 valence electrons. The number of rotatable bonds is 5. The van der Waals surface area contributed by atoms with E-state index in [1.54, 1.807) is 12.4 Å². The maximum atomic E-state index is 4.45. The minimum Gasteiger partial charge on any atom is -0.354 e. The highest BCUT2D eigenvalue weighted by molar-refractivity contribution is 9.10. The molecule has 0 aromatic carbocycles. The Morgan fingerprint density at radius 1 is 1.32 bits per heavy atom. The van der Waals surface area contributed by atoms with Crippen LogP contribution in [0.15, 0.2) is 33.1 Å². The lowest BCUT2D eigenvalue weighted by Gasteiger charge is -2.06. The first-order chi connectivity index (χ1) is 9.19. The van der Waals surface area contributed by atoms with Crippen molar-refractivity contribution in [1.82, 2.24) is 19.9 Å². The molecule has 5 nitrogen and oxygen atoms in total. The van der Waals surface area contributed by atoms with E-state index in [1.807, 2.05) is 13.0 Å². The van der Waals surface area contributed by atoms with Gasteiger partial charge in [0.15, 0.2) is 5.16 Å². The summed E-state index contributed by atoms with van der Waals surface area (Å²) in [7, 11) is 0. The second-order valence-electron chi connectivity index (χ2n) is 3.86. The van der Waals surface area contributed by atoms with Gasteiger partial charge in [-0.2, -0.15) is 0 Å². The summed E-state index contributed by atoms with van der Waals surface area (Å²) in [6, 6.07) is 1.87. The summed E-state index contributed by atoms with van der Waals surface area (Å²) in [5.74, 6) is 0.625. The minimum absolute atomic E-state index is 0.625. The van der Waals surface area contributed by atoms with Crippen molar-refractivity contribution in [1.29, 1.82) is 0 Å². The Kier molecular flexibility index (Phi) is 5.09. The van der Waals surface area contributed by atoms with E-state index in [0.29, 0.717) is 11.1 Å². The molecule has 2 rings (SSSR count). The summed E-state index contributed by atoms with van der Waals surface area (Å²) in [4.78, 5) is 17.2. The average molecular weight is 340 g/mol. The van der Waals surface area contributed by atoms with Crippen LogP contribution in [0, 0.1) is 6.92 Å². The van der Waals surface area contributed by atoms with E-state index in [4.69, 9.17) is 0 Å². The fourth-order valence-electron chi connectivity index (χ4n) is 1.31. The molecule has 0 saturated heterocycles. The van der Waals surface area contributed by atoms with Gasteiger partial charge >= 0.3 is 0 Å². The van der Waals surface area contributed by atoms with Crippen LogP contribution in [0.3, 0.4) is 0 Å². The van der Waals surface area contributed by atoms with Crippen molar-refractivity contribution in [3.8, 4) is 0 Å². The smallest absolute Gasteiger partial charge is 0.223 e. The Morgan fingerprint density at radius 2 is 2.16 bits per heavy atom. The van der Waals surface area contributed by atoms with E-state index in [9.17, 15) is 0 Å². The number of aryl methyl sites for hydroxylation is 1. The van der Waals surface area contributed by atoms with E-state index in [2.05, 4.69) is 48.1 Å². The van der Waals surface area contributed by atoms with Gasteiger partial charge in [0.05, 0.1) is 4.47 Å². The zero-order valence-corrected chi connectivity index (χ0v) is 13.1. The van der Waals surface area contributed by atoms with E-state index in [0.717, 1.165) is 28.2 Å². The first-order valence-corrected chi connectivity index (χ1v) is 7.54. The zero-order chi connectivity index (χ0) is 13.7. The number of hydrogen-bond acceptors (Lipinski definition) is 6. The third kappa shape index (κ3) is 4.14. The van der Waals surface area contributed by atoms with Crippen molar-refractivity contribution in [3.63, 3.8) is 0 Å². The summed E-state index contributed by atoms with van der Waals surface area (Å²) >= 11 is 4.86. The molecule has 0 unspecified atom stereocenters. The zero-order valence-electron chi connectivity index (χ0n) is 10.7. The molecule has 2 heterocycles. The summed E-state index contributed by atoms with van der Waals surface area (Å²) in [6.07, 6.45) is 4.52. The molecule has 19 heavy (non-hydrogen) atoms. The first-order valence-electron chi connectivity index (χ1n) is 5.93. The van der Waals surface area contributed by atoms with Crippen molar-refractivity contribution in [3.05, 3.63) is 28.6 Å². The highest BCUT2D eigenvalue weighted by Crippen LogP contribution is 2.29. The molecule has 0 aliphatic heterocycles. The highest BCUT2D eigenvalue weighted by atomic mass is 79.9. The molecule has 0 amide bonds. The fraction of sp³-hybridized carbons (Fsp3) is 0.333. The molecular formula is C12H14BrN5S. The monoisotopic (exact) mass is 339 g/mol. The number of nitrogens with one attached hydrogen (secondary N) is 1. The van der Waals surface area contributed by atoms with Gasteiger partial charge in [0.1, 0.15) is 5.03 Å². The molecule has 2 aromatic heterocycles. The molecule has 0 aliphatic rings. The lowest BCUT2D eigenvalue weighted by atomic mass is 10.5. The third-order valence-electron chi connectivity index (χ3n) is 2.21. The number of anilines is 1. The molecule has 0 atom stereocenters. The van der Waals surface area contributed by atoms with Crippen LogP contribution in [0.2, 0.25) is 0 Å². The SMILES string of the molecule is CCCNc1ncc(Br)c(Sc2nccc(C)n2)n1. The number of halogens is 1. The second kappa shape index (κ2) is 6.81. The van der Waals surface area contributed by atoms with Gasteiger partial charge in [0.25, 0.3) is 0 Å². The Balaban J connectivity index is 2.19. The van der Waals surface area contributed by atoms with Crippen LogP contribution in [0.25, 0.3) is 0 Å². The average Bonchev–Trinajstić information content (AvgIpc) is 2.40. The number of hydrogen-bond donors (Lipinski definition) is 1. The first kappa shape index (κ1) is 14.2. The lowest BCUT2D eigenvalue weighted by Crippen LogP contribution is -2.04. The van der Waals surface area contributed by atoms with E-state index < -0.39 is 0 Å². The van der Waals surface area contributed by atoms with Crippen molar-refractivity contribution < 1.29 is 0 Å². The molecule has 0 fully saturated rings. The van der Waals surface area contributed by atoms with Crippen LogP contribution in [-0.4, -0.2) is 26.5 Å². The highest BCUT2D eigenvalue weighted by Gasteiger charge is 2.09. The van der Waals surface area contributed by atoms with E-state index in [-0.39, 0.29) is 0 Å². The molecule has 0 aliphatic carbocycles. The van der Waals surface area contributed by atoms with Gasteiger partial charge < -0.3 is 5.32 Å². The summed E-state index contributed by atoms with van der Waals surface area (Å²) < 4.78 is 0.838. The van der Waals surface area contributed by atoms with Gasteiger partial charge in [-0.25, -0.2) is 19.9 Å². The van der Waals surface area contributed by atoms with Crippen LogP contribution < -0.4 is 5.32 Å². The van der Waals surface area contributed by atoms with Crippen LogP contribution in [0.4, 0.5) is 5.95 Å². The lowest BCUT2D eigenvalue weighted by molar-refractivity contribution is 0.912. The van der Waals surface area contributed by atoms with Gasteiger partial charge in [0.2, 0.25) is 5.95 Å². The standard InChI is InChI=1S/C12H14BrN5S/c1-3-5-14-11-16-7-9(13)10(18-11)19-12-15-6-4-8(2)17-12/h4,6-7H,3,5H2,1-2H3,(H,14,16,18). The van der Waals surface area contributed by atoms with Crippen molar-refractivity contribution in [2.24, 2.45) is 0 Å². The predicted octanol–water partition coefficient (Wildman–Crippen LogP) is 3.31. The van der Waals surface area contributed by atoms with Crippen molar-refractivity contribution >= 4 is 33.6 Å². The molecule has 2 aromatic rings. The van der Waals surface area contributed by atoms with Crippen molar-refractivity contribution in [2.75, 3.05) is 11.9 Å². The molecule has 0 bridgehead atoms. The van der Waals surface area contributed by atoms with Gasteiger partial charge in [0, 0.05) is 24.6 Å². The molecule has 7 heteroatoms. The van der Waals surface area contributed by atoms with Crippen LogP contribution in [0.5, 0.6) is 0 Å². The minimum atomic E-state index is 0.625. The van der Waals surface area contributed by atoms with Gasteiger partial charge in [-0.3, -0.25) is 0 Å². The van der Waals surface area contributed by atoms with E-state index in [1.165, 1.54) is 11.8 Å².